The zero-order valence-corrected chi connectivity index (χ0v) is 14.5. The minimum Gasteiger partial charge on any atom is -0.504 e. The van der Waals surface area contributed by atoms with Crippen LogP contribution in [-0.2, 0) is 14.4 Å². The maximum atomic E-state index is 12.1. The van der Waals surface area contributed by atoms with E-state index in [1.54, 1.807) is 0 Å². The van der Waals surface area contributed by atoms with Crippen molar-refractivity contribution in [1.29, 1.82) is 0 Å². The summed E-state index contributed by atoms with van der Waals surface area (Å²) in [5, 5.41) is 19.4. The van der Waals surface area contributed by atoms with E-state index in [2.05, 4.69) is 15.8 Å². The normalized spacial score (nSPS) is 27.2. The topological polar surface area (TPSA) is 109 Å². The van der Waals surface area contributed by atoms with E-state index in [0.29, 0.717) is 12.1 Å². The van der Waals surface area contributed by atoms with E-state index in [0.717, 1.165) is 5.56 Å². The maximum Gasteiger partial charge on any atom is 0.322 e. The van der Waals surface area contributed by atoms with Gasteiger partial charge in [-0.25, -0.2) is 4.79 Å². The molecule has 0 unspecified atom stereocenters. The highest BCUT2D eigenvalue weighted by atomic mass is 16.6. The predicted molar refractivity (Wildman–Crippen MR) is 93.2 cm³/mol. The van der Waals surface area contributed by atoms with Gasteiger partial charge in [0.15, 0.2) is 6.10 Å². The van der Waals surface area contributed by atoms with Gasteiger partial charge in [-0.2, -0.15) is 0 Å². The number of carbonyl (C=O) groups excluding carboxylic acids is 2. The highest BCUT2D eigenvalue weighted by Crippen LogP contribution is 2.36. The number of rotatable bonds is 4. The summed E-state index contributed by atoms with van der Waals surface area (Å²) in [6.45, 7) is 1.53. The Balaban J connectivity index is 1.63. The number of urea groups is 1. The number of hydrogen-bond acceptors (Lipinski definition) is 6. The number of amides is 3. The van der Waals surface area contributed by atoms with Gasteiger partial charge < -0.3 is 20.0 Å². The molecule has 0 saturated heterocycles. The van der Waals surface area contributed by atoms with Crippen molar-refractivity contribution in [2.45, 2.75) is 31.6 Å². The molecular formula is C18H21N3O5. The van der Waals surface area contributed by atoms with E-state index in [1.165, 1.54) is 20.3 Å². The first-order valence-corrected chi connectivity index (χ1v) is 8.30. The Morgan fingerprint density at radius 2 is 2.08 bits per heavy atom. The van der Waals surface area contributed by atoms with E-state index < -0.39 is 30.2 Å². The van der Waals surface area contributed by atoms with Crippen molar-refractivity contribution < 1.29 is 24.3 Å². The third-order valence-electron chi connectivity index (χ3n) is 4.51. The molecule has 26 heavy (non-hydrogen) atoms. The van der Waals surface area contributed by atoms with Gasteiger partial charge in [0.2, 0.25) is 0 Å². The van der Waals surface area contributed by atoms with Crippen LogP contribution in [0.3, 0.4) is 0 Å². The number of ether oxygens (including phenoxy) is 1. The molecule has 8 heteroatoms. The van der Waals surface area contributed by atoms with E-state index in [1.807, 2.05) is 30.3 Å². The van der Waals surface area contributed by atoms with Crippen molar-refractivity contribution in [1.82, 2.24) is 10.6 Å². The Bertz CT molecular complexity index is 746. The molecule has 4 atom stereocenters. The van der Waals surface area contributed by atoms with Gasteiger partial charge in [0, 0.05) is 5.57 Å². The van der Waals surface area contributed by atoms with Gasteiger partial charge >= 0.3 is 6.03 Å². The lowest BCUT2D eigenvalue weighted by atomic mass is 9.92. The van der Waals surface area contributed by atoms with Crippen molar-refractivity contribution in [2.24, 2.45) is 11.1 Å². The minimum atomic E-state index is -0.697. The molecule has 0 radical (unpaired) electrons. The Hall–Kier alpha value is -2.87. The van der Waals surface area contributed by atoms with Crippen LogP contribution in [0.25, 0.3) is 0 Å². The quantitative estimate of drug-likeness (QED) is 0.547. The molecule has 1 saturated carbocycles. The van der Waals surface area contributed by atoms with Crippen molar-refractivity contribution in [3.05, 3.63) is 47.7 Å². The van der Waals surface area contributed by atoms with Crippen molar-refractivity contribution in [3.63, 3.8) is 0 Å². The largest absolute Gasteiger partial charge is 0.504 e. The number of methoxy groups -OCH3 is 1. The molecule has 1 heterocycles. The van der Waals surface area contributed by atoms with E-state index >= 15 is 0 Å². The molecule has 3 amide bonds. The first kappa shape index (κ1) is 17.9. The number of nitrogens with zero attached hydrogens (tertiary/aromatic N) is 1. The Labute approximate surface area is 150 Å². The fourth-order valence-electron chi connectivity index (χ4n) is 3.30. The summed E-state index contributed by atoms with van der Waals surface area (Å²) in [7, 11) is 1.42. The zero-order valence-electron chi connectivity index (χ0n) is 14.5. The SMILES string of the molecule is CO/C=C(\C)C(=O)NC(=O)N[C@@H]1C[C@H](O)[C@H]2C(c3ccccc3)=NO[C@H]21. The lowest BCUT2D eigenvalue weighted by molar-refractivity contribution is -0.116. The lowest BCUT2D eigenvalue weighted by Crippen LogP contribution is -2.48. The maximum absolute atomic E-state index is 12.1. The van der Waals surface area contributed by atoms with Crippen LogP contribution in [0.2, 0.25) is 0 Å². The van der Waals surface area contributed by atoms with Crippen LogP contribution in [0.15, 0.2) is 47.3 Å². The standard InChI is InChI=1S/C18H21N3O5/c1-10(9-25-2)17(23)20-18(24)19-12-8-13(22)14-15(21-26-16(12)14)11-6-4-3-5-7-11/h3-7,9,12-14,16,22H,8H2,1-2H3,(H2,19,20,23,24)/b10-9+/t12-,13+,14+,16+/m1/s1. The molecule has 1 fully saturated rings. The van der Waals surface area contributed by atoms with Crippen molar-refractivity contribution in [3.8, 4) is 0 Å². The fraction of sp³-hybridized carbons (Fsp3) is 0.389. The number of imide groups is 1. The summed E-state index contributed by atoms with van der Waals surface area (Å²) in [6.07, 6.45) is 0.391. The molecule has 3 N–H and O–H groups in total. The monoisotopic (exact) mass is 359 g/mol. The second-order valence-corrected chi connectivity index (χ2v) is 6.31. The number of benzene rings is 1. The van der Waals surface area contributed by atoms with Crippen LogP contribution in [0, 0.1) is 5.92 Å². The molecule has 1 aromatic rings. The summed E-state index contributed by atoms with van der Waals surface area (Å²) in [5.74, 6) is -0.887. The number of hydrogen-bond donors (Lipinski definition) is 3. The third-order valence-corrected chi connectivity index (χ3v) is 4.51. The zero-order chi connectivity index (χ0) is 18.7. The van der Waals surface area contributed by atoms with Gasteiger partial charge in [-0.15, -0.1) is 0 Å². The first-order valence-electron chi connectivity index (χ1n) is 8.30. The molecule has 1 aromatic carbocycles. The molecular weight excluding hydrogens is 338 g/mol. The first-order chi connectivity index (χ1) is 12.5. The molecule has 2 aliphatic rings. The number of aliphatic hydroxyl groups excluding tert-OH is 1. The molecule has 3 rings (SSSR count). The summed E-state index contributed by atoms with van der Waals surface area (Å²) in [6, 6.07) is 8.35. The van der Waals surface area contributed by atoms with Crippen LogP contribution in [0.5, 0.6) is 0 Å². The van der Waals surface area contributed by atoms with E-state index in [9.17, 15) is 14.7 Å². The summed E-state index contributed by atoms with van der Waals surface area (Å²) in [4.78, 5) is 29.4. The second-order valence-electron chi connectivity index (χ2n) is 6.31. The summed E-state index contributed by atoms with van der Waals surface area (Å²) >= 11 is 0. The third kappa shape index (κ3) is 3.55. The second kappa shape index (κ2) is 7.57. The van der Waals surface area contributed by atoms with Crippen molar-refractivity contribution in [2.75, 3.05) is 7.11 Å². The number of carbonyl (C=O) groups is 2. The molecule has 0 bridgehead atoms. The number of aliphatic hydroxyl groups is 1. The Kier molecular flexibility index (Phi) is 5.22. The van der Waals surface area contributed by atoms with Gasteiger partial charge in [0.25, 0.3) is 5.91 Å². The van der Waals surface area contributed by atoms with Crippen LogP contribution < -0.4 is 10.6 Å². The van der Waals surface area contributed by atoms with E-state index in [-0.39, 0.29) is 11.5 Å². The van der Waals surface area contributed by atoms with Gasteiger partial charge in [-0.1, -0.05) is 35.5 Å². The van der Waals surface area contributed by atoms with Crippen molar-refractivity contribution >= 4 is 17.6 Å². The average molecular weight is 359 g/mol. The number of oxime groups is 1. The highest BCUT2D eigenvalue weighted by Gasteiger charge is 2.51. The highest BCUT2D eigenvalue weighted by molar-refractivity contribution is 6.04. The van der Waals surface area contributed by atoms with Crippen LogP contribution >= 0.6 is 0 Å². The minimum absolute atomic E-state index is 0.263. The molecule has 1 aliphatic heterocycles. The van der Waals surface area contributed by atoms with Gasteiger partial charge in [0.05, 0.1) is 37.1 Å². The molecule has 0 aromatic heterocycles. The summed E-state index contributed by atoms with van der Waals surface area (Å²) < 4.78 is 4.74. The van der Waals surface area contributed by atoms with Gasteiger partial charge in [-0.3, -0.25) is 10.1 Å². The van der Waals surface area contributed by atoms with Gasteiger partial charge in [0.1, 0.15) is 0 Å². The fourth-order valence-corrected chi connectivity index (χ4v) is 3.30. The number of fused-ring (bicyclic) bond motifs is 1. The predicted octanol–water partition coefficient (Wildman–Crippen LogP) is 0.915. The Morgan fingerprint density at radius 1 is 1.35 bits per heavy atom. The average Bonchev–Trinajstić information content (AvgIpc) is 3.18. The van der Waals surface area contributed by atoms with E-state index in [4.69, 9.17) is 9.57 Å². The van der Waals surface area contributed by atoms with Crippen LogP contribution in [0.1, 0.15) is 18.9 Å². The summed E-state index contributed by atoms with van der Waals surface area (Å²) in [5.41, 5.74) is 1.81. The van der Waals surface area contributed by atoms with Crippen LogP contribution in [-0.4, -0.2) is 48.1 Å². The molecule has 8 nitrogen and oxygen atoms in total. The smallest absolute Gasteiger partial charge is 0.322 e. The Morgan fingerprint density at radius 3 is 2.77 bits per heavy atom. The number of nitrogens with one attached hydrogen (secondary N) is 2. The molecule has 138 valence electrons. The molecule has 0 spiro atoms. The lowest BCUT2D eigenvalue weighted by Gasteiger charge is -2.18. The molecule has 1 aliphatic carbocycles. The van der Waals surface area contributed by atoms with Gasteiger partial charge in [-0.05, 0) is 18.9 Å². The van der Waals surface area contributed by atoms with Crippen LogP contribution in [0.4, 0.5) is 4.79 Å².